The molecule has 0 saturated heterocycles. The predicted molar refractivity (Wildman–Crippen MR) is 109 cm³/mol. The fraction of sp³-hybridized carbons (Fsp3) is 0.500. The molecule has 2 amide bonds. The van der Waals surface area contributed by atoms with Crippen LogP contribution in [0.2, 0.25) is 0 Å². The SMILES string of the molecule is COc1cccc(-c2nnc(NC(=O)[C@@H](NC(=O)C3CCCC3)C(C)C)s2)c1. The topological polar surface area (TPSA) is 93.2 Å². The van der Waals surface area contributed by atoms with Crippen LogP contribution in [0.5, 0.6) is 5.75 Å². The van der Waals surface area contributed by atoms with Gasteiger partial charge in [0.25, 0.3) is 0 Å². The second kappa shape index (κ2) is 9.14. The molecular formula is C20H26N4O3S. The van der Waals surface area contributed by atoms with Gasteiger partial charge in [0.1, 0.15) is 16.8 Å². The van der Waals surface area contributed by atoms with Crippen molar-refractivity contribution in [2.24, 2.45) is 11.8 Å². The molecule has 1 fully saturated rings. The minimum atomic E-state index is -0.600. The van der Waals surface area contributed by atoms with E-state index in [9.17, 15) is 9.59 Å². The Kier molecular flexibility index (Phi) is 6.61. The van der Waals surface area contributed by atoms with Crippen LogP contribution in [0.1, 0.15) is 39.5 Å². The van der Waals surface area contributed by atoms with Crippen LogP contribution in [0.15, 0.2) is 24.3 Å². The highest BCUT2D eigenvalue weighted by molar-refractivity contribution is 7.18. The third kappa shape index (κ3) is 4.86. The average molecular weight is 403 g/mol. The molecule has 0 aliphatic heterocycles. The number of nitrogens with zero attached hydrogens (tertiary/aromatic N) is 2. The maximum absolute atomic E-state index is 12.7. The van der Waals surface area contributed by atoms with Crippen molar-refractivity contribution >= 4 is 28.3 Å². The number of amides is 2. The van der Waals surface area contributed by atoms with Gasteiger partial charge in [0.15, 0.2) is 0 Å². The molecule has 0 unspecified atom stereocenters. The zero-order valence-corrected chi connectivity index (χ0v) is 17.2. The highest BCUT2D eigenvalue weighted by atomic mass is 32.1. The van der Waals surface area contributed by atoms with Gasteiger partial charge in [-0.2, -0.15) is 0 Å². The van der Waals surface area contributed by atoms with E-state index in [1.165, 1.54) is 11.3 Å². The number of carbonyl (C=O) groups is 2. The highest BCUT2D eigenvalue weighted by Crippen LogP contribution is 2.29. The second-order valence-electron chi connectivity index (χ2n) is 7.35. The van der Waals surface area contributed by atoms with Crippen molar-refractivity contribution in [1.29, 1.82) is 0 Å². The Hall–Kier alpha value is -2.48. The molecule has 1 atom stereocenters. The van der Waals surface area contributed by atoms with Crippen LogP contribution in [-0.4, -0.2) is 35.2 Å². The van der Waals surface area contributed by atoms with Crippen molar-refractivity contribution in [3.05, 3.63) is 24.3 Å². The Labute approximate surface area is 168 Å². The Morgan fingerprint density at radius 3 is 2.64 bits per heavy atom. The van der Waals surface area contributed by atoms with E-state index in [0.29, 0.717) is 10.1 Å². The van der Waals surface area contributed by atoms with E-state index in [1.807, 2.05) is 38.1 Å². The first-order valence-electron chi connectivity index (χ1n) is 9.57. The van der Waals surface area contributed by atoms with E-state index in [-0.39, 0.29) is 23.7 Å². The summed E-state index contributed by atoms with van der Waals surface area (Å²) in [5.41, 5.74) is 0.868. The van der Waals surface area contributed by atoms with Gasteiger partial charge in [0.05, 0.1) is 7.11 Å². The molecule has 150 valence electrons. The lowest BCUT2D eigenvalue weighted by molar-refractivity contribution is -0.130. The molecule has 28 heavy (non-hydrogen) atoms. The average Bonchev–Trinajstić information content (AvgIpc) is 3.37. The van der Waals surface area contributed by atoms with Crippen molar-refractivity contribution in [3.63, 3.8) is 0 Å². The largest absolute Gasteiger partial charge is 0.497 e. The Bertz CT molecular complexity index is 830. The van der Waals surface area contributed by atoms with Crippen molar-refractivity contribution in [3.8, 4) is 16.3 Å². The van der Waals surface area contributed by atoms with Crippen molar-refractivity contribution < 1.29 is 14.3 Å². The maximum atomic E-state index is 12.7. The lowest BCUT2D eigenvalue weighted by atomic mass is 10.0. The van der Waals surface area contributed by atoms with Crippen LogP contribution < -0.4 is 15.4 Å². The zero-order chi connectivity index (χ0) is 20.1. The fourth-order valence-corrected chi connectivity index (χ4v) is 4.07. The molecule has 0 radical (unpaired) electrons. The molecule has 0 spiro atoms. The second-order valence-corrected chi connectivity index (χ2v) is 8.32. The molecule has 2 aromatic rings. The lowest BCUT2D eigenvalue weighted by Crippen LogP contribution is -2.48. The zero-order valence-electron chi connectivity index (χ0n) is 16.4. The smallest absolute Gasteiger partial charge is 0.249 e. The summed E-state index contributed by atoms with van der Waals surface area (Å²) < 4.78 is 5.23. The molecule has 1 heterocycles. The van der Waals surface area contributed by atoms with Crippen molar-refractivity contribution in [2.45, 2.75) is 45.6 Å². The Balaban J connectivity index is 1.66. The van der Waals surface area contributed by atoms with Crippen LogP contribution >= 0.6 is 11.3 Å². The summed E-state index contributed by atoms with van der Waals surface area (Å²) in [7, 11) is 1.61. The predicted octanol–water partition coefficient (Wildman–Crippen LogP) is 3.48. The fourth-order valence-electron chi connectivity index (χ4n) is 3.32. The van der Waals surface area contributed by atoms with Gasteiger partial charge in [-0.25, -0.2) is 0 Å². The summed E-state index contributed by atoms with van der Waals surface area (Å²) in [6.45, 7) is 3.84. The quantitative estimate of drug-likeness (QED) is 0.739. The molecule has 3 rings (SSSR count). The monoisotopic (exact) mass is 402 g/mol. The third-order valence-electron chi connectivity index (χ3n) is 4.94. The third-order valence-corrected chi connectivity index (χ3v) is 5.83. The van der Waals surface area contributed by atoms with Crippen LogP contribution in [0.4, 0.5) is 5.13 Å². The van der Waals surface area contributed by atoms with E-state index in [2.05, 4.69) is 20.8 Å². The van der Waals surface area contributed by atoms with Crippen molar-refractivity contribution in [2.75, 3.05) is 12.4 Å². The van der Waals surface area contributed by atoms with E-state index in [0.717, 1.165) is 37.0 Å². The number of rotatable bonds is 7. The summed E-state index contributed by atoms with van der Waals surface area (Å²) in [5.74, 6) is 0.425. The summed E-state index contributed by atoms with van der Waals surface area (Å²) in [4.78, 5) is 25.2. The normalized spacial score (nSPS) is 15.4. The first-order valence-corrected chi connectivity index (χ1v) is 10.4. The van der Waals surface area contributed by atoms with E-state index < -0.39 is 6.04 Å². The van der Waals surface area contributed by atoms with E-state index in [4.69, 9.17) is 4.74 Å². The van der Waals surface area contributed by atoms with E-state index >= 15 is 0 Å². The molecular weight excluding hydrogens is 376 g/mol. The highest BCUT2D eigenvalue weighted by Gasteiger charge is 2.29. The standard InChI is InChI=1S/C20H26N4O3S/c1-12(2)16(21-17(25)13-7-4-5-8-13)18(26)22-20-24-23-19(28-20)14-9-6-10-15(11-14)27-3/h6,9-13,16H,4-5,7-8H2,1-3H3,(H,21,25)(H,22,24,26)/t16-/m0/s1. The molecule has 1 saturated carbocycles. The molecule has 8 heteroatoms. The number of hydrogen-bond acceptors (Lipinski definition) is 6. The first kappa shape index (κ1) is 20.3. The first-order chi connectivity index (χ1) is 13.5. The van der Waals surface area contributed by atoms with Gasteiger partial charge in [0, 0.05) is 11.5 Å². The number of carbonyl (C=O) groups excluding carboxylic acids is 2. The van der Waals surface area contributed by atoms with Gasteiger partial charge in [0.2, 0.25) is 16.9 Å². The summed E-state index contributed by atoms with van der Waals surface area (Å²) >= 11 is 1.28. The lowest BCUT2D eigenvalue weighted by Gasteiger charge is -2.22. The number of benzene rings is 1. The van der Waals surface area contributed by atoms with Gasteiger partial charge < -0.3 is 10.1 Å². The molecule has 1 aromatic carbocycles. The Morgan fingerprint density at radius 2 is 1.96 bits per heavy atom. The van der Waals surface area contributed by atoms with Gasteiger partial charge >= 0.3 is 0 Å². The molecule has 1 aliphatic rings. The van der Waals surface area contributed by atoms with Crippen LogP contribution in [-0.2, 0) is 9.59 Å². The number of anilines is 1. The number of ether oxygens (including phenoxy) is 1. The van der Waals surface area contributed by atoms with Crippen LogP contribution in [0, 0.1) is 11.8 Å². The molecule has 1 aromatic heterocycles. The van der Waals surface area contributed by atoms with Crippen LogP contribution in [0.3, 0.4) is 0 Å². The molecule has 2 N–H and O–H groups in total. The van der Waals surface area contributed by atoms with Gasteiger partial charge in [-0.05, 0) is 30.9 Å². The minimum absolute atomic E-state index is 0.0234. The number of nitrogens with one attached hydrogen (secondary N) is 2. The maximum Gasteiger partial charge on any atom is 0.249 e. The number of hydrogen-bond donors (Lipinski definition) is 2. The van der Waals surface area contributed by atoms with Gasteiger partial charge in [-0.1, -0.05) is 50.2 Å². The van der Waals surface area contributed by atoms with Crippen molar-refractivity contribution in [1.82, 2.24) is 15.5 Å². The van der Waals surface area contributed by atoms with E-state index in [1.54, 1.807) is 7.11 Å². The number of methoxy groups -OCH3 is 1. The minimum Gasteiger partial charge on any atom is -0.497 e. The molecule has 1 aliphatic carbocycles. The summed E-state index contributed by atoms with van der Waals surface area (Å²) in [6.07, 6.45) is 3.96. The molecule has 7 nitrogen and oxygen atoms in total. The number of aromatic nitrogens is 2. The van der Waals surface area contributed by atoms with Gasteiger partial charge in [-0.15, -0.1) is 10.2 Å². The Morgan fingerprint density at radius 1 is 1.21 bits per heavy atom. The molecule has 0 bridgehead atoms. The van der Waals surface area contributed by atoms with Gasteiger partial charge in [-0.3, -0.25) is 14.9 Å². The summed E-state index contributed by atoms with van der Waals surface area (Å²) in [5, 5.41) is 15.0. The summed E-state index contributed by atoms with van der Waals surface area (Å²) in [6, 6.07) is 6.91. The van der Waals surface area contributed by atoms with Crippen LogP contribution in [0.25, 0.3) is 10.6 Å².